The lowest BCUT2D eigenvalue weighted by atomic mass is 9.68. The van der Waals surface area contributed by atoms with Gasteiger partial charge in [0.25, 0.3) is 0 Å². The van der Waals surface area contributed by atoms with E-state index in [0.29, 0.717) is 5.92 Å². The molecule has 0 radical (unpaired) electrons. The summed E-state index contributed by atoms with van der Waals surface area (Å²) in [5, 5.41) is 0. The molecular weight excluding hydrogens is 492 g/mol. The molecule has 3 aliphatic carbocycles. The van der Waals surface area contributed by atoms with Crippen LogP contribution in [0.2, 0.25) is 0 Å². The second-order valence-electron chi connectivity index (χ2n) is 12.2. The summed E-state index contributed by atoms with van der Waals surface area (Å²) in [6.45, 7) is 24.8. The predicted molar refractivity (Wildman–Crippen MR) is 180 cm³/mol. The Morgan fingerprint density at radius 1 is 0.951 bits per heavy atom. The normalized spacial score (nSPS) is 21.1. The molecule has 0 heterocycles. The fourth-order valence-corrected chi connectivity index (χ4v) is 7.28. The molecule has 0 aliphatic heterocycles. The Morgan fingerprint density at radius 2 is 1.73 bits per heavy atom. The van der Waals surface area contributed by atoms with E-state index in [1.54, 1.807) is 0 Å². The smallest absolute Gasteiger partial charge is 0.0203 e. The third kappa shape index (κ3) is 5.50. The number of rotatable bonds is 9. The molecule has 0 N–H and O–H groups in total. The molecule has 0 spiro atoms. The van der Waals surface area contributed by atoms with Crippen molar-refractivity contribution in [2.24, 2.45) is 5.92 Å². The summed E-state index contributed by atoms with van der Waals surface area (Å²) in [6.07, 6.45) is 15.7. The topological polar surface area (TPSA) is 0 Å². The minimum absolute atomic E-state index is 0.280. The highest BCUT2D eigenvalue weighted by Crippen LogP contribution is 2.55. The van der Waals surface area contributed by atoms with Crippen LogP contribution < -0.4 is 0 Å². The molecule has 1 saturated carbocycles. The van der Waals surface area contributed by atoms with Crippen LogP contribution in [0.15, 0.2) is 126 Å². The van der Waals surface area contributed by atoms with Gasteiger partial charge in [0.15, 0.2) is 0 Å². The molecule has 2 atom stereocenters. The van der Waals surface area contributed by atoms with Crippen molar-refractivity contribution in [2.75, 3.05) is 0 Å². The van der Waals surface area contributed by atoms with Gasteiger partial charge in [0.05, 0.1) is 0 Å². The summed E-state index contributed by atoms with van der Waals surface area (Å²) in [4.78, 5) is 0. The van der Waals surface area contributed by atoms with E-state index in [0.717, 1.165) is 44.1 Å². The Kier molecular flexibility index (Phi) is 8.50. The van der Waals surface area contributed by atoms with Gasteiger partial charge in [-0.3, -0.25) is 0 Å². The number of aryl methyl sites for hydroxylation is 2. The molecule has 1 fully saturated rings. The molecule has 2 unspecified atom stereocenters. The zero-order chi connectivity index (χ0) is 29.3. The zero-order valence-electron chi connectivity index (χ0n) is 25.9. The summed E-state index contributed by atoms with van der Waals surface area (Å²) < 4.78 is 0. The molecule has 0 nitrogen and oxygen atoms in total. The van der Waals surface area contributed by atoms with Crippen LogP contribution in [0.5, 0.6) is 0 Å². The van der Waals surface area contributed by atoms with Crippen molar-refractivity contribution in [3.63, 3.8) is 0 Å². The van der Waals surface area contributed by atoms with E-state index in [4.69, 9.17) is 6.58 Å². The van der Waals surface area contributed by atoms with Crippen molar-refractivity contribution in [2.45, 2.75) is 79.1 Å². The molecule has 2 aromatic rings. The van der Waals surface area contributed by atoms with Crippen LogP contribution in [-0.2, 0) is 12.8 Å². The van der Waals surface area contributed by atoms with E-state index in [2.05, 4.69) is 115 Å². The van der Waals surface area contributed by atoms with Crippen LogP contribution in [0.25, 0.3) is 11.1 Å². The Balaban J connectivity index is 1.50. The lowest BCUT2D eigenvalue weighted by Gasteiger charge is -2.36. The summed E-state index contributed by atoms with van der Waals surface area (Å²) in [6, 6.07) is 15.8. The van der Waals surface area contributed by atoms with Crippen molar-refractivity contribution >= 4 is 11.1 Å². The van der Waals surface area contributed by atoms with Crippen LogP contribution in [-0.4, -0.2) is 0 Å². The number of benzene rings is 2. The van der Waals surface area contributed by atoms with Gasteiger partial charge in [0.1, 0.15) is 0 Å². The van der Waals surface area contributed by atoms with Gasteiger partial charge in [-0.15, -0.1) is 0 Å². The maximum Gasteiger partial charge on any atom is 0.0203 e. The number of allylic oxidation sites excluding steroid dienone is 13. The van der Waals surface area contributed by atoms with Gasteiger partial charge < -0.3 is 0 Å². The first-order chi connectivity index (χ1) is 19.8. The Hall–Kier alpha value is -3.64. The largest absolute Gasteiger partial charge is 0.0955 e. The average molecular weight is 539 g/mol. The highest BCUT2D eigenvalue weighted by atomic mass is 14.4. The van der Waals surface area contributed by atoms with Gasteiger partial charge in [-0.25, -0.2) is 0 Å². The van der Waals surface area contributed by atoms with E-state index in [1.165, 1.54) is 72.4 Å². The van der Waals surface area contributed by atoms with Gasteiger partial charge in [-0.05, 0) is 107 Å². The Labute approximate surface area is 249 Å². The van der Waals surface area contributed by atoms with Gasteiger partial charge in [0, 0.05) is 11.8 Å². The minimum Gasteiger partial charge on any atom is -0.0955 e. The number of hydrogen-bond acceptors (Lipinski definition) is 0. The first-order valence-electron chi connectivity index (χ1n) is 15.5. The van der Waals surface area contributed by atoms with Crippen molar-refractivity contribution in [1.82, 2.24) is 0 Å². The Morgan fingerprint density at radius 3 is 2.44 bits per heavy atom. The summed E-state index contributed by atoms with van der Waals surface area (Å²) in [7, 11) is 0. The van der Waals surface area contributed by atoms with Crippen molar-refractivity contribution in [1.29, 1.82) is 0 Å². The standard InChI is InChI=1S/C41H46/c1-9-14-27(6)39-28(7)21-35-25-34(24-31-17-19-33(23-31)37-16-13-12-15-36(37)26(4)5)29(8)40(35)41(39)38-20-18-30(10-2)22-32(38)11-3/h12-13,15-22,24,40-41H,4,6,8-11,14,23,25H2,1-3,5,7H3. The van der Waals surface area contributed by atoms with Crippen LogP contribution >= 0.6 is 0 Å². The SMILES string of the molecule is C=C(CCC)C1=C(C)C=C2CC(=CC3=CC=C(c4ccccc4C(=C)C)C3)C(=C)C2C1c1ccc(CC)cc1CC. The number of fused-ring (bicyclic) bond motifs is 1. The van der Waals surface area contributed by atoms with Crippen LogP contribution in [0.3, 0.4) is 0 Å². The molecule has 3 aliphatic rings. The number of hydrogen-bond donors (Lipinski definition) is 0. The lowest BCUT2D eigenvalue weighted by molar-refractivity contribution is 0.614. The molecule has 0 amide bonds. The first kappa shape index (κ1) is 28.9. The van der Waals surface area contributed by atoms with Crippen molar-refractivity contribution in [3.8, 4) is 0 Å². The van der Waals surface area contributed by atoms with Gasteiger partial charge >= 0.3 is 0 Å². The zero-order valence-corrected chi connectivity index (χ0v) is 25.9. The molecule has 210 valence electrons. The van der Waals surface area contributed by atoms with Crippen LogP contribution in [0, 0.1) is 5.92 Å². The molecule has 41 heavy (non-hydrogen) atoms. The quantitative estimate of drug-likeness (QED) is 0.298. The lowest BCUT2D eigenvalue weighted by Crippen LogP contribution is -2.22. The molecule has 2 aromatic carbocycles. The molecule has 0 bridgehead atoms. The fraction of sp³-hybridized carbons (Fsp3) is 0.317. The van der Waals surface area contributed by atoms with Crippen molar-refractivity contribution < 1.29 is 0 Å². The van der Waals surface area contributed by atoms with E-state index >= 15 is 0 Å². The molecular formula is C41H46. The maximum atomic E-state index is 4.79. The van der Waals surface area contributed by atoms with E-state index < -0.39 is 0 Å². The highest BCUT2D eigenvalue weighted by molar-refractivity contribution is 5.82. The van der Waals surface area contributed by atoms with Crippen LogP contribution in [0.1, 0.15) is 94.0 Å². The Bertz CT molecular complexity index is 1570. The van der Waals surface area contributed by atoms with Crippen LogP contribution in [0.4, 0.5) is 0 Å². The molecule has 0 heteroatoms. The monoisotopic (exact) mass is 538 g/mol. The van der Waals surface area contributed by atoms with Crippen molar-refractivity contribution in [3.05, 3.63) is 153 Å². The molecule has 0 saturated heterocycles. The summed E-state index contributed by atoms with van der Waals surface area (Å²) >= 11 is 0. The third-order valence-electron chi connectivity index (χ3n) is 9.30. The third-order valence-corrected chi connectivity index (χ3v) is 9.30. The van der Waals surface area contributed by atoms with Gasteiger partial charge in [-0.2, -0.15) is 0 Å². The molecule has 5 rings (SSSR count). The molecule has 0 aromatic heterocycles. The fourth-order valence-electron chi connectivity index (χ4n) is 7.28. The first-order valence-corrected chi connectivity index (χ1v) is 15.5. The van der Waals surface area contributed by atoms with E-state index in [9.17, 15) is 0 Å². The average Bonchev–Trinajstić information content (AvgIpc) is 3.56. The van der Waals surface area contributed by atoms with Gasteiger partial charge in [0.2, 0.25) is 0 Å². The second kappa shape index (κ2) is 12.1. The summed E-state index contributed by atoms with van der Waals surface area (Å²) in [5.41, 5.74) is 19.1. The highest BCUT2D eigenvalue weighted by Gasteiger charge is 2.41. The van der Waals surface area contributed by atoms with Gasteiger partial charge in [-0.1, -0.05) is 130 Å². The maximum absolute atomic E-state index is 4.79. The predicted octanol–water partition coefficient (Wildman–Crippen LogP) is 11.5. The van der Waals surface area contributed by atoms with E-state index in [1.807, 2.05) is 0 Å². The minimum atomic E-state index is 0.280. The van der Waals surface area contributed by atoms with E-state index in [-0.39, 0.29) is 5.92 Å². The second-order valence-corrected chi connectivity index (χ2v) is 12.2. The summed E-state index contributed by atoms with van der Waals surface area (Å²) in [5.74, 6) is 0.576.